The van der Waals surface area contributed by atoms with E-state index in [9.17, 15) is 0 Å². The molecule has 1 aromatic heterocycles. The van der Waals surface area contributed by atoms with Crippen LogP contribution in [0.2, 0.25) is 0 Å². The molecular weight excluding hydrogens is 218 g/mol. The Morgan fingerprint density at radius 2 is 2.06 bits per heavy atom. The number of hydrogen-bond donors (Lipinski definition) is 1. The van der Waals surface area contributed by atoms with E-state index in [1.54, 1.807) is 31.6 Å². The molecule has 0 radical (unpaired) electrons. The van der Waals surface area contributed by atoms with Gasteiger partial charge >= 0.3 is 0 Å². The van der Waals surface area contributed by atoms with Crippen molar-refractivity contribution in [3.8, 4) is 17.2 Å². The van der Waals surface area contributed by atoms with Gasteiger partial charge in [0.05, 0.1) is 13.7 Å². The van der Waals surface area contributed by atoms with E-state index in [0.717, 1.165) is 5.75 Å². The number of pyridine rings is 1. The first kappa shape index (κ1) is 11.4. The third kappa shape index (κ3) is 2.73. The monoisotopic (exact) mass is 231 g/mol. The Balaban J connectivity index is 2.24. The van der Waals surface area contributed by atoms with Gasteiger partial charge in [-0.3, -0.25) is 4.98 Å². The highest BCUT2D eigenvalue weighted by Gasteiger charge is 2.04. The largest absolute Gasteiger partial charge is 0.497 e. The number of aliphatic hydroxyl groups excluding tert-OH is 1. The van der Waals surface area contributed by atoms with E-state index < -0.39 is 0 Å². The summed E-state index contributed by atoms with van der Waals surface area (Å²) in [6, 6.07) is 9.00. The topological polar surface area (TPSA) is 51.6 Å². The summed E-state index contributed by atoms with van der Waals surface area (Å²) >= 11 is 0. The van der Waals surface area contributed by atoms with Crippen LogP contribution in [0.15, 0.2) is 42.7 Å². The second kappa shape index (κ2) is 5.32. The molecule has 0 saturated carbocycles. The van der Waals surface area contributed by atoms with Crippen LogP contribution in [-0.4, -0.2) is 17.2 Å². The van der Waals surface area contributed by atoms with Crippen LogP contribution in [0.4, 0.5) is 0 Å². The van der Waals surface area contributed by atoms with Crippen molar-refractivity contribution in [3.05, 3.63) is 48.3 Å². The molecule has 1 aromatic carbocycles. The van der Waals surface area contributed by atoms with Gasteiger partial charge in [0.2, 0.25) is 0 Å². The molecule has 0 spiro atoms. The van der Waals surface area contributed by atoms with Crippen molar-refractivity contribution in [2.75, 3.05) is 7.11 Å². The van der Waals surface area contributed by atoms with Gasteiger partial charge in [-0.1, -0.05) is 6.07 Å². The van der Waals surface area contributed by atoms with Crippen LogP contribution >= 0.6 is 0 Å². The molecule has 1 heterocycles. The van der Waals surface area contributed by atoms with Crippen molar-refractivity contribution >= 4 is 0 Å². The Hall–Kier alpha value is -2.07. The fraction of sp³-hybridized carbons (Fsp3) is 0.154. The number of methoxy groups -OCH3 is 1. The van der Waals surface area contributed by atoms with E-state index in [1.807, 2.05) is 18.2 Å². The Kier molecular flexibility index (Phi) is 3.57. The van der Waals surface area contributed by atoms with Gasteiger partial charge < -0.3 is 14.6 Å². The second-order valence-corrected chi connectivity index (χ2v) is 3.42. The summed E-state index contributed by atoms with van der Waals surface area (Å²) in [6.45, 7) is -0.104. The summed E-state index contributed by atoms with van der Waals surface area (Å²) in [6.07, 6.45) is 3.20. The summed E-state index contributed by atoms with van der Waals surface area (Å²) in [5, 5.41) is 9.15. The molecule has 0 amide bonds. The van der Waals surface area contributed by atoms with Crippen LogP contribution in [0.5, 0.6) is 17.2 Å². The van der Waals surface area contributed by atoms with Gasteiger partial charge in [0.25, 0.3) is 0 Å². The Morgan fingerprint density at radius 1 is 1.24 bits per heavy atom. The normalized spacial score (nSPS) is 10.0. The molecule has 0 aliphatic carbocycles. The number of nitrogens with zero attached hydrogens (tertiary/aromatic N) is 1. The minimum atomic E-state index is -0.104. The maximum absolute atomic E-state index is 9.15. The quantitative estimate of drug-likeness (QED) is 0.877. The first-order chi connectivity index (χ1) is 8.33. The molecule has 2 aromatic rings. The van der Waals surface area contributed by atoms with Gasteiger partial charge in [-0.2, -0.15) is 0 Å². The molecular formula is C13H13NO3. The predicted octanol–water partition coefficient (Wildman–Crippen LogP) is 2.37. The minimum Gasteiger partial charge on any atom is -0.497 e. The fourth-order valence-electron chi connectivity index (χ4n) is 1.42. The van der Waals surface area contributed by atoms with Gasteiger partial charge in [-0.15, -0.1) is 0 Å². The van der Waals surface area contributed by atoms with E-state index in [2.05, 4.69) is 4.98 Å². The first-order valence-corrected chi connectivity index (χ1v) is 5.19. The number of aromatic nitrogens is 1. The number of ether oxygens (including phenoxy) is 2. The fourth-order valence-corrected chi connectivity index (χ4v) is 1.42. The summed E-state index contributed by atoms with van der Waals surface area (Å²) in [5.41, 5.74) is 0.648. The molecule has 0 bridgehead atoms. The SMILES string of the molecule is COc1cccc(Oc2ccncc2CO)c1. The Morgan fingerprint density at radius 3 is 2.82 bits per heavy atom. The molecule has 4 heteroatoms. The zero-order valence-corrected chi connectivity index (χ0v) is 9.46. The molecule has 0 saturated heterocycles. The number of hydrogen-bond acceptors (Lipinski definition) is 4. The van der Waals surface area contributed by atoms with Crippen molar-refractivity contribution < 1.29 is 14.6 Å². The first-order valence-electron chi connectivity index (χ1n) is 5.19. The molecule has 4 nitrogen and oxygen atoms in total. The Labute approximate surface area is 99.5 Å². The highest BCUT2D eigenvalue weighted by atomic mass is 16.5. The molecule has 0 aliphatic rings. The molecule has 0 fully saturated rings. The minimum absolute atomic E-state index is 0.104. The summed E-state index contributed by atoms with van der Waals surface area (Å²) in [7, 11) is 1.60. The lowest BCUT2D eigenvalue weighted by Crippen LogP contribution is -1.93. The summed E-state index contributed by atoms with van der Waals surface area (Å²) < 4.78 is 10.8. The zero-order valence-electron chi connectivity index (χ0n) is 9.46. The smallest absolute Gasteiger partial charge is 0.136 e. The van der Waals surface area contributed by atoms with E-state index in [0.29, 0.717) is 17.1 Å². The maximum atomic E-state index is 9.15. The van der Waals surface area contributed by atoms with Crippen molar-refractivity contribution in [3.63, 3.8) is 0 Å². The number of aliphatic hydroxyl groups is 1. The van der Waals surface area contributed by atoms with Crippen LogP contribution in [0.25, 0.3) is 0 Å². The standard InChI is InChI=1S/C13H13NO3/c1-16-11-3-2-4-12(7-11)17-13-5-6-14-8-10(13)9-15/h2-8,15H,9H2,1H3. The lowest BCUT2D eigenvalue weighted by atomic mass is 10.2. The molecule has 1 N–H and O–H groups in total. The van der Waals surface area contributed by atoms with Gasteiger partial charge in [0, 0.05) is 24.0 Å². The molecule has 88 valence electrons. The van der Waals surface area contributed by atoms with Gasteiger partial charge in [-0.25, -0.2) is 0 Å². The second-order valence-electron chi connectivity index (χ2n) is 3.42. The van der Waals surface area contributed by atoms with Gasteiger partial charge in [0.1, 0.15) is 17.2 Å². The summed E-state index contributed by atoms with van der Waals surface area (Å²) in [4.78, 5) is 3.93. The third-order valence-electron chi connectivity index (χ3n) is 2.30. The van der Waals surface area contributed by atoms with E-state index in [4.69, 9.17) is 14.6 Å². The van der Waals surface area contributed by atoms with Crippen LogP contribution in [-0.2, 0) is 6.61 Å². The van der Waals surface area contributed by atoms with Crippen molar-refractivity contribution in [1.82, 2.24) is 4.98 Å². The van der Waals surface area contributed by atoms with Crippen molar-refractivity contribution in [2.45, 2.75) is 6.61 Å². The van der Waals surface area contributed by atoms with Gasteiger partial charge in [0.15, 0.2) is 0 Å². The van der Waals surface area contributed by atoms with E-state index >= 15 is 0 Å². The van der Waals surface area contributed by atoms with Crippen molar-refractivity contribution in [2.24, 2.45) is 0 Å². The molecule has 17 heavy (non-hydrogen) atoms. The molecule has 0 aliphatic heterocycles. The highest BCUT2D eigenvalue weighted by molar-refractivity contribution is 5.38. The lowest BCUT2D eigenvalue weighted by Gasteiger charge is -2.09. The van der Waals surface area contributed by atoms with Crippen LogP contribution in [0, 0.1) is 0 Å². The van der Waals surface area contributed by atoms with Crippen LogP contribution in [0.1, 0.15) is 5.56 Å². The lowest BCUT2D eigenvalue weighted by molar-refractivity contribution is 0.276. The van der Waals surface area contributed by atoms with Crippen LogP contribution in [0.3, 0.4) is 0 Å². The van der Waals surface area contributed by atoms with E-state index in [-0.39, 0.29) is 6.61 Å². The summed E-state index contributed by atoms with van der Waals surface area (Å²) in [5.74, 6) is 1.98. The van der Waals surface area contributed by atoms with E-state index in [1.165, 1.54) is 0 Å². The molecule has 0 atom stereocenters. The number of benzene rings is 1. The average molecular weight is 231 g/mol. The number of rotatable bonds is 4. The van der Waals surface area contributed by atoms with Crippen molar-refractivity contribution in [1.29, 1.82) is 0 Å². The predicted molar refractivity (Wildman–Crippen MR) is 63.2 cm³/mol. The zero-order chi connectivity index (χ0) is 12.1. The molecule has 0 unspecified atom stereocenters. The average Bonchev–Trinajstić information content (AvgIpc) is 2.39. The third-order valence-corrected chi connectivity index (χ3v) is 2.30. The highest BCUT2D eigenvalue weighted by Crippen LogP contribution is 2.27. The maximum Gasteiger partial charge on any atom is 0.136 e. The van der Waals surface area contributed by atoms with Gasteiger partial charge in [-0.05, 0) is 18.2 Å². The molecule has 2 rings (SSSR count). The van der Waals surface area contributed by atoms with Crippen LogP contribution < -0.4 is 9.47 Å². The Bertz CT molecular complexity index is 500.